The van der Waals surface area contributed by atoms with E-state index in [1.807, 2.05) is 52.9 Å². The van der Waals surface area contributed by atoms with Crippen molar-refractivity contribution in [3.05, 3.63) is 104 Å². The van der Waals surface area contributed by atoms with Crippen LogP contribution >= 0.6 is 22.6 Å². The number of amides is 2. The van der Waals surface area contributed by atoms with Gasteiger partial charge >= 0.3 is 0 Å². The maximum atomic E-state index is 13.9. The Bertz CT molecular complexity index is 1440. The van der Waals surface area contributed by atoms with E-state index in [1.54, 1.807) is 24.3 Å². The number of carbonyl (C=O) groups is 2. The van der Waals surface area contributed by atoms with Gasteiger partial charge in [-0.3, -0.25) is 9.59 Å². The minimum atomic E-state index is -1.27. The first-order valence-electron chi connectivity index (χ1n) is 13.7. The molecule has 0 saturated carbocycles. The van der Waals surface area contributed by atoms with Crippen LogP contribution in [0.1, 0.15) is 23.1 Å². The van der Waals surface area contributed by atoms with Crippen LogP contribution in [0.3, 0.4) is 0 Å². The van der Waals surface area contributed by atoms with Crippen LogP contribution in [0.4, 0.5) is 4.39 Å². The zero-order valence-corrected chi connectivity index (χ0v) is 25.7. The SMILES string of the molecule is COc1cc(CO)cc(I)c1O[C@H]1C=C(C(=O)NCCO)C[C@@H](N(Cc2ccc(F)cc2)C(=O)Cc2ccccc2)[C@@H]1O. The zero-order valence-electron chi connectivity index (χ0n) is 23.6. The zero-order chi connectivity index (χ0) is 30.9. The van der Waals surface area contributed by atoms with Crippen molar-refractivity contribution in [3.63, 3.8) is 0 Å². The van der Waals surface area contributed by atoms with Gasteiger partial charge in [-0.25, -0.2) is 4.39 Å². The molecule has 43 heavy (non-hydrogen) atoms. The summed E-state index contributed by atoms with van der Waals surface area (Å²) in [6.45, 7) is -0.394. The van der Waals surface area contributed by atoms with Gasteiger partial charge < -0.3 is 35.0 Å². The van der Waals surface area contributed by atoms with Gasteiger partial charge in [0.25, 0.3) is 0 Å². The van der Waals surface area contributed by atoms with Crippen molar-refractivity contribution in [2.75, 3.05) is 20.3 Å². The normalized spacial score (nSPS) is 18.0. The molecule has 4 rings (SSSR count). The molecule has 11 heteroatoms. The van der Waals surface area contributed by atoms with E-state index in [-0.39, 0.29) is 50.6 Å². The van der Waals surface area contributed by atoms with Gasteiger partial charge in [0.05, 0.1) is 36.4 Å². The summed E-state index contributed by atoms with van der Waals surface area (Å²) >= 11 is 2.04. The van der Waals surface area contributed by atoms with Gasteiger partial charge in [-0.2, -0.15) is 0 Å². The monoisotopic (exact) mass is 704 g/mol. The quantitative estimate of drug-likeness (QED) is 0.214. The fourth-order valence-corrected chi connectivity index (χ4v) is 5.74. The Morgan fingerprint density at radius 2 is 1.77 bits per heavy atom. The summed E-state index contributed by atoms with van der Waals surface area (Å²) in [6, 6.07) is 17.3. The molecule has 2 amide bonds. The second kappa shape index (κ2) is 15.3. The Labute approximate surface area is 263 Å². The molecule has 0 saturated heterocycles. The number of ether oxygens (including phenoxy) is 2. The summed E-state index contributed by atoms with van der Waals surface area (Å²) in [5.41, 5.74) is 2.29. The van der Waals surface area contributed by atoms with Crippen molar-refractivity contribution < 1.29 is 38.8 Å². The Hall–Kier alpha value is -3.52. The highest BCUT2D eigenvalue weighted by molar-refractivity contribution is 14.1. The number of rotatable bonds is 12. The molecule has 9 nitrogen and oxygen atoms in total. The number of aliphatic hydroxyl groups is 3. The predicted molar refractivity (Wildman–Crippen MR) is 166 cm³/mol. The number of hydrogen-bond acceptors (Lipinski definition) is 7. The van der Waals surface area contributed by atoms with Gasteiger partial charge in [-0.1, -0.05) is 42.5 Å². The molecule has 3 aromatic rings. The maximum Gasteiger partial charge on any atom is 0.247 e. The Balaban J connectivity index is 1.73. The number of methoxy groups -OCH3 is 1. The largest absolute Gasteiger partial charge is 0.493 e. The molecule has 3 aromatic carbocycles. The summed E-state index contributed by atoms with van der Waals surface area (Å²) in [6.07, 6.45) is -0.775. The van der Waals surface area contributed by atoms with Crippen LogP contribution in [0, 0.1) is 9.39 Å². The van der Waals surface area contributed by atoms with E-state index < -0.39 is 30.0 Å². The molecule has 4 N–H and O–H groups in total. The summed E-state index contributed by atoms with van der Waals surface area (Å²) < 4.78 is 26.1. The molecule has 1 aliphatic carbocycles. The summed E-state index contributed by atoms with van der Waals surface area (Å²) in [5.74, 6) is -0.548. The molecule has 0 bridgehead atoms. The fourth-order valence-electron chi connectivity index (χ4n) is 4.94. The van der Waals surface area contributed by atoms with Crippen molar-refractivity contribution in [1.82, 2.24) is 10.2 Å². The molecule has 0 radical (unpaired) electrons. The molecular formula is C32H34FIN2O7. The third-order valence-electron chi connectivity index (χ3n) is 7.13. The minimum Gasteiger partial charge on any atom is -0.493 e. The number of halogens is 2. The van der Waals surface area contributed by atoms with E-state index in [0.29, 0.717) is 26.2 Å². The first-order valence-corrected chi connectivity index (χ1v) is 14.8. The lowest BCUT2D eigenvalue weighted by molar-refractivity contribution is -0.138. The number of carbonyl (C=O) groups excluding carboxylic acids is 2. The predicted octanol–water partition coefficient (Wildman–Crippen LogP) is 3.12. The Morgan fingerprint density at radius 1 is 1.05 bits per heavy atom. The van der Waals surface area contributed by atoms with Crippen molar-refractivity contribution in [2.24, 2.45) is 0 Å². The second-order valence-electron chi connectivity index (χ2n) is 10.1. The Morgan fingerprint density at radius 3 is 2.42 bits per heavy atom. The summed E-state index contributed by atoms with van der Waals surface area (Å²) in [4.78, 5) is 28.5. The topological polar surface area (TPSA) is 129 Å². The van der Waals surface area contributed by atoms with E-state index >= 15 is 0 Å². The molecule has 0 unspecified atom stereocenters. The van der Waals surface area contributed by atoms with Crippen molar-refractivity contribution in [2.45, 2.75) is 44.2 Å². The van der Waals surface area contributed by atoms with E-state index in [4.69, 9.17) is 9.47 Å². The average Bonchev–Trinajstić information content (AvgIpc) is 3.01. The van der Waals surface area contributed by atoms with Crippen LogP contribution in [0.2, 0.25) is 0 Å². The van der Waals surface area contributed by atoms with Crippen LogP contribution in [-0.4, -0.2) is 70.5 Å². The van der Waals surface area contributed by atoms with Gasteiger partial charge in [-0.05, 0) is 69.6 Å². The molecule has 0 aromatic heterocycles. The van der Waals surface area contributed by atoms with Crippen LogP contribution in [-0.2, 0) is 29.2 Å². The summed E-state index contributed by atoms with van der Waals surface area (Å²) in [5, 5.41) is 33.3. The number of nitrogens with zero attached hydrogens (tertiary/aromatic N) is 1. The first kappa shape index (κ1) is 32.4. The fraction of sp³-hybridized carbons (Fsp3) is 0.312. The van der Waals surface area contributed by atoms with Crippen LogP contribution in [0.25, 0.3) is 0 Å². The molecule has 0 heterocycles. The van der Waals surface area contributed by atoms with E-state index in [2.05, 4.69) is 5.32 Å². The van der Waals surface area contributed by atoms with Gasteiger partial charge in [0.1, 0.15) is 18.0 Å². The van der Waals surface area contributed by atoms with Gasteiger partial charge in [0.15, 0.2) is 11.5 Å². The molecular weight excluding hydrogens is 670 g/mol. The third-order valence-corrected chi connectivity index (χ3v) is 7.93. The van der Waals surface area contributed by atoms with Gasteiger partial charge in [0.2, 0.25) is 11.8 Å². The molecule has 0 aliphatic heterocycles. The number of hydrogen-bond donors (Lipinski definition) is 4. The lowest BCUT2D eigenvalue weighted by Gasteiger charge is -2.41. The molecule has 0 spiro atoms. The molecule has 228 valence electrons. The molecule has 1 aliphatic rings. The van der Waals surface area contributed by atoms with Crippen LogP contribution in [0.15, 0.2) is 78.4 Å². The average molecular weight is 705 g/mol. The van der Waals surface area contributed by atoms with Crippen LogP contribution in [0.5, 0.6) is 11.5 Å². The highest BCUT2D eigenvalue weighted by Gasteiger charge is 2.41. The van der Waals surface area contributed by atoms with E-state index in [0.717, 1.165) is 5.56 Å². The number of nitrogens with one attached hydrogen (secondary N) is 1. The highest BCUT2D eigenvalue weighted by atomic mass is 127. The lowest BCUT2D eigenvalue weighted by atomic mass is 9.87. The first-order chi connectivity index (χ1) is 20.7. The number of benzene rings is 3. The second-order valence-corrected chi connectivity index (χ2v) is 11.3. The van der Waals surface area contributed by atoms with Crippen LogP contribution < -0.4 is 14.8 Å². The smallest absolute Gasteiger partial charge is 0.247 e. The van der Waals surface area contributed by atoms with Gasteiger partial charge in [-0.15, -0.1) is 0 Å². The van der Waals surface area contributed by atoms with Crippen molar-refractivity contribution in [1.29, 1.82) is 0 Å². The molecule has 0 fully saturated rings. The maximum absolute atomic E-state index is 13.9. The van der Waals surface area contributed by atoms with Gasteiger partial charge in [0, 0.05) is 25.1 Å². The van der Waals surface area contributed by atoms with E-state index in [9.17, 15) is 29.3 Å². The Kier molecular flexibility index (Phi) is 11.5. The minimum absolute atomic E-state index is 0.0116. The van der Waals surface area contributed by atoms with Crippen molar-refractivity contribution >= 4 is 34.4 Å². The third kappa shape index (κ3) is 8.31. The number of aliphatic hydroxyl groups excluding tert-OH is 3. The summed E-state index contributed by atoms with van der Waals surface area (Å²) in [7, 11) is 1.45. The standard InChI is InChI=1S/C32H34FIN2O7/c1-42-28-14-22(19-38)13-25(34)31(28)43-27-17-23(32(41)35-11-12-37)16-26(30(27)40)36(18-21-7-9-24(33)10-8-21)29(39)15-20-5-3-2-4-6-20/h2-10,13-14,17,26-27,30,37-38,40H,11-12,15-16,18-19H2,1H3,(H,35,41)/t26-,27+,30+/m1/s1. The van der Waals surface area contributed by atoms with E-state index in [1.165, 1.54) is 30.2 Å². The lowest BCUT2D eigenvalue weighted by Crippen LogP contribution is -2.55. The highest BCUT2D eigenvalue weighted by Crippen LogP contribution is 2.37. The molecule has 3 atom stereocenters. The van der Waals surface area contributed by atoms with Crippen molar-refractivity contribution in [3.8, 4) is 11.5 Å².